The number of carbonyl (C=O) groups excluding carboxylic acids is 1. The number of carbonyl (C=O) groups is 2. The Labute approximate surface area is 145 Å². The fourth-order valence-corrected chi connectivity index (χ4v) is 3.63. The van der Waals surface area contributed by atoms with Crippen LogP contribution in [0.15, 0.2) is 48.5 Å². The minimum atomic E-state index is -0.929. The summed E-state index contributed by atoms with van der Waals surface area (Å²) in [4.78, 5) is 23.9. The molecule has 1 fully saturated rings. The number of nitrogens with one attached hydrogen (secondary N) is 1. The van der Waals surface area contributed by atoms with E-state index in [1.165, 1.54) is 6.07 Å². The molecule has 1 amide bonds. The standard InChI is InChI=1S/C20H20FNO3/c21-17-9-2-1-8-16(17)20(10-3-4-11-20)19(25)22-15-7-5-6-14(12-15)13-18(23)24/h1-2,5-9,12H,3-4,10-11,13H2,(H,22,25)(H,23,24). The van der Waals surface area contributed by atoms with Gasteiger partial charge in [-0.3, -0.25) is 9.59 Å². The third-order valence-corrected chi connectivity index (χ3v) is 4.82. The van der Waals surface area contributed by atoms with E-state index in [0.717, 1.165) is 12.8 Å². The van der Waals surface area contributed by atoms with Gasteiger partial charge in [-0.05, 0) is 36.6 Å². The van der Waals surface area contributed by atoms with Crippen LogP contribution in [0.2, 0.25) is 0 Å². The van der Waals surface area contributed by atoms with Crippen molar-refractivity contribution in [3.8, 4) is 0 Å². The quantitative estimate of drug-likeness (QED) is 0.867. The minimum Gasteiger partial charge on any atom is -0.481 e. The predicted molar refractivity (Wildman–Crippen MR) is 93.0 cm³/mol. The zero-order chi connectivity index (χ0) is 17.9. The van der Waals surface area contributed by atoms with Crippen LogP contribution < -0.4 is 5.32 Å². The Balaban J connectivity index is 1.88. The number of hydrogen-bond donors (Lipinski definition) is 2. The molecular weight excluding hydrogens is 321 g/mol. The number of aliphatic carboxylic acids is 1. The molecule has 0 radical (unpaired) electrons. The van der Waals surface area contributed by atoms with Gasteiger partial charge in [0.05, 0.1) is 11.8 Å². The van der Waals surface area contributed by atoms with Gasteiger partial charge in [-0.1, -0.05) is 43.2 Å². The molecule has 0 unspecified atom stereocenters. The van der Waals surface area contributed by atoms with Crippen LogP contribution in [0.1, 0.15) is 36.8 Å². The van der Waals surface area contributed by atoms with Gasteiger partial charge in [0.15, 0.2) is 0 Å². The van der Waals surface area contributed by atoms with Gasteiger partial charge >= 0.3 is 5.97 Å². The van der Waals surface area contributed by atoms with E-state index in [2.05, 4.69) is 5.32 Å². The van der Waals surface area contributed by atoms with Crippen molar-refractivity contribution in [2.45, 2.75) is 37.5 Å². The van der Waals surface area contributed by atoms with Crippen LogP contribution >= 0.6 is 0 Å². The summed E-state index contributed by atoms with van der Waals surface area (Å²) in [6, 6.07) is 13.2. The molecule has 1 aliphatic rings. The van der Waals surface area contributed by atoms with Crippen molar-refractivity contribution in [3.05, 3.63) is 65.5 Å². The molecule has 0 aliphatic heterocycles. The van der Waals surface area contributed by atoms with Crippen molar-refractivity contribution < 1.29 is 19.1 Å². The fourth-order valence-electron chi connectivity index (χ4n) is 3.63. The number of anilines is 1. The highest BCUT2D eigenvalue weighted by Gasteiger charge is 2.44. The Hall–Kier alpha value is -2.69. The molecule has 0 spiro atoms. The second kappa shape index (κ2) is 7.05. The molecule has 0 heterocycles. The molecule has 2 aromatic carbocycles. The summed E-state index contributed by atoms with van der Waals surface area (Å²) in [6.45, 7) is 0. The first-order valence-electron chi connectivity index (χ1n) is 8.38. The van der Waals surface area contributed by atoms with Crippen LogP contribution in [0, 0.1) is 5.82 Å². The van der Waals surface area contributed by atoms with Crippen LogP contribution in [0.25, 0.3) is 0 Å². The Morgan fingerprint density at radius 3 is 2.48 bits per heavy atom. The van der Waals surface area contributed by atoms with Gasteiger partial charge in [0.2, 0.25) is 5.91 Å². The molecule has 0 aromatic heterocycles. The van der Waals surface area contributed by atoms with Crippen LogP contribution in [0.4, 0.5) is 10.1 Å². The number of benzene rings is 2. The normalized spacial score (nSPS) is 15.7. The zero-order valence-electron chi connectivity index (χ0n) is 13.8. The first-order valence-corrected chi connectivity index (χ1v) is 8.38. The van der Waals surface area contributed by atoms with Crippen molar-refractivity contribution >= 4 is 17.6 Å². The van der Waals surface area contributed by atoms with E-state index >= 15 is 0 Å². The summed E-state index contributed by atoms with van der Waals surface area (Å²) in [6.07, 6.45) is 2.85. The predicted octanol–water partition coefficient (Wildman–Crippen LogP) is 3.90. The molecule has 0 bridgehead atoms. The summed E-state index contributed by atoms with van der Waals surface area (Å²) in [5.41, 5.74) is 0.712. The number of carboxylic acids is 1. The molecular formula is C20H20FNO3. The Morgan fingerprint density at radius 2 is 1.80 bits per heavy atom. The molecule has 130 valence electrons. The second-order valence-electron chi connectivity index (χ2n) is 6.49. The fraction of sp³-hybridized carbons (Fsp3) is 0.300. The second-order valence-corrected chi connectivity index (χ2v) is 6.49. The molecule has 0 saturated heterocycles. The van der Waals surface area contributed by atoms with Gasteiger partial charge in [-0.15, -0.1) is 0 Å². The van der Waals surface area contributed by atoms with E-state index in [1.807, 2.05) is 0 Å². The van der Waals surface area contributed by atoms with E-state index in [9.17, 15) is 14.0 Å². The summed E-state index contributed by atoms with van der Waals surface area (Å²) < 4.78 is 14.3. The largest absolute Gasteiger partial charge is 0.481 e. The van der Waals surface area contributed by atoms with Crippen molar-refractivity contribution in [3.63, 3.8) is 0 Å². The number of amides is 1. The van der Waals surface area contributed by atoms with Crippen LogP contribution in [-0.4, -0.2) is 17.0 Å². The molecule has 2 N–H and O–H groups in total. The molecule has 2 aromatic rings. The highest BCUT2D eigenvalue weighted by molar-refractivity contribution is 5.99. The van der Waals surface area contributed by atoms with E-state index in [-0.39, 0.29) is 18.1 Å². The van der Waals surface area contributed by atoms with Gasteiger partial charge in [0.25, 0.3) is 0 Å². The molecule has 1 aliphatic carbocycles. The Kier molecular flexibility index (Phi) is 4.83. The number of rotatable bonds is 5. The average Bonchev–Trinajstić information content (AvgIpc) is 3.06. The average molecular weight is 341 g/mol. The third-order valence-electron chi connectivity index (χ3n) is 4.82. The van der Waals surface area contributed by atoms with Gasteiger partial charge in [-0.25, -0.2) is 4.39 Å². The summed E-state index contributed by atoms with van der Waals surface area (Å²) in [7, 11) is 0. The lowest BCUT2D eigenvalue weighted by Gasteiger charge is -2.28. The van der Waals surface area contributed by atoms with E-state index < -0.39 is 11.4 Å². The third kappa shape index (κ3) is 3.55. The first kappa shape index (κ1) is 17.1. The van der Waals surface area contributed by atoms with Crippen molar-refractivity contribution in [2.75, 3.05) is 5.32 Å². The van der Waals surface area contributed by atoms with Crippen LogP contribution in [-0.2, 0) is 21.4 Å². The lowest BCUT2D eigenvalue weighted by molar-refractivity contribution is -0.136. The maximum atomic E-state index is 14.3. The Bertz CT molecular complexity index is 797. The summed E-state index contributed by atoms with van der Waals surface area (Å²) in [5, 5.41) is 11.8. The number of halogens is 1. The summed E-state index contributed by atoms with van der Waals surface area (Å²) in [5.74, 6) is -1.52. The van der Waals surface area contributed by atoms with Gasteiger partial charge in [-0.2, -0.15) is 0 Å². The summed E-state index contributed by atoms with van der Waals surface area (Å²) >= 11 is 0. The monoisotopic (exact) mass is 341 g/mol. The van der Waals surface area contributed by atoms with Crippen molar-refractivity contribution in [2.24, 2.45) is 0 Å². The molecule has 0 atom stereocenters. The lowest BCUT2D eigenvalue weighted by atomic mass is 9.77. The highest BCUT2D eigenvalue weighted by Crippen LogP contribution is 2.43. The zero-order valence-corrected chi connectivity index (χ0v) is 13.8. The van der Waals surface area contributed by atoms with Gasteiger partial charge < -0.3 is 10.4 Å². The number of carboxylic acid groups (broad SMARTS) is 1. The first-order chi connectivity index (χ1) is 12.0. The minimum absolute atomic E-state index is 0.109. The van der Waals surface area contributed by atoms with Gasteiger partial charge in [0.1, 0.15) is 5.82 Å². The lowest BCUT2D eigenvalue weighted by Crippen LogP contribution is -2.38. The molecule has 25 heavy (non-hydrogen) atoms. The van der Waals surface area contributed by atoms with Crippen molar-refractivity contribution in [1.29, 1.82) is 0 Å². The highest BCUT2D eigenvalue weighted by atomic mass is 19.1. The maximum Gasteiger partial charge on any atom is 0.307 e. The van der Waals surface area contributed by atoms with Crippen LogP contribution in [0.5, 0.6) is 0 Å². The van der Waals surface area contributed by atoms with E-state index in [4.69, 9.17) is 5.11 Å². The SMILES string of the molecule is O=C(O)Cc1cccc(NC(=O)C2(c3ccccc3F)CCCC2)c1. The topological polar surface area (TPSA) is 66.4 Å². The van der Waals surface area contributed by atoms with Crippen molar-refractivity contribution in [1.82, 2.24) is 0 Å². The smallest absolute Gasteiger partial charge is 0.307 e. The molecule has 3 rings (SSSR count). The number of hydrogen-bond acceptors (Lipinski definition) is 2. The molecule has 5 heteroatoms. The molecule has 4 nitrogen and oxygen atoms in total. The Morgan fingerprint density at radius 1 is 1.08 bits per heavy atom. The molecule has 1 saturated carbocycles. The van der Waals surface area contributed by atoms with Crippen LogP contribution in [0.3, 0.4) is 0 Å². The maximum absolute atomic E-state index is 14.3. The van der Waals surface area contributed by atoms with Gasteiger partial charge in [0, 0.05) is 11.3 Å². The van der Waals surface area contributed by atoms with E-state index in [0.29, 0.717) is 29.7 Å². The van der Waals surface area contributed by atoms with E-state index in [1.54, 1.807) is 42.5 Å².